The van der Waals surface area contributed by atoms with Crippen molar-refractivity contribution >= 4 is 5.91 Å². The highest BCUT2D eigenvalue weighted by Crippen LogP contribution is 2.32. The van der Waals surface area contributed by atoms with Gasteiger partial charge in [-0.2, -0.15) is 0 Å². The van der Waals surface area contributed by atoms with E-state index in [0.717, 1.165) is 25.6 Å². The van der Waals surface area contributed by atoms with Gasteiger partial charge in [0, 0.05) is 24.7 Å². The molecule has 2 atom stereocenters. The maximum atomic E-state index is 12.3. The van der Waals surface area contributed by atoms with E-state index in [0.29, 0.717) is 17.1 Å². The third-order valence-electron chi connectivity index (χ3n) is 4.29. The van der Waals surface area contributed by atoms with E-state index in [9.17, 15) is 4.79 Å². The van der Waals surface area contributed by atoms with Crippen molar-refractivity contribution in [2.45, 2.75) is 32.7 Å². The number of nitrogens with one attached hydrogen (secondary N) is 1. The molecule has 0 unspecified atom stereocenters. The van der Waals surface area contributed by atoms with E-state index < -0.39 is 0 Å². The summed E-state index contributed by atoms with van der Waals surface area (Å²) < 4.78 is 10.6. The Labute approximate surface area is 131 Å². The van der Waals surface area contributed by atoms with Gasteiger partial charge in [-0.1, -0.05) is 6.92 Å². The Bertz CT molecular complexity index is 547. The van der Waals surface area contributed by atoms with Crippen molar-refractivity contribution in [3.05, 3.63) is 23.8 Å². The van der Waals surface area contributed by atoms with Crippen molar-refractivity contribution in [1.82, 2.24) is 10.2 Å². The van der Waals surface area contributed by atoms with Crippen molar-refractivity contribution in [2.24, 2.45) is 5.92 Å². The molecule has 3 rings (SSSR count). The number of rotatable bonds is 4. The Hall–Kier alpha value is -1.75. The highest BCUT2D eigenvalue weighted by molar-refractivity contribution is 5.95. The first-order valence-corrected chi connectivity index (χ1v) is 8.04. The maximum Gasteiger partial charge on any atom is 0.251 e. The summed E-state index contributed by atoms with van der Waals surface area (Å²) in [5, 5.41) is 3.07. The first-order chi connectivity index (χ1) is 10.6. The molecule has 22 heavy (non-hydrogen) atoms. The summed E-state index contributed by atoms with van der Waals surface area (Å²) in [5.74, 6) is 2.04. The van der Waals surface area contributed by atoms with Gasteiger partial charge in [0.2, 0.25) is 6.79 Å². The highest BCUT2D eigenvalue weighted by Gasteiger charge is 2.20. The number of fused-ring (bicyclic) bond motifs is 1. The summed E-state index contributed by atoms with van der Waals surface area (Å²) in [7, 11) is 0. The smallest absolute Gasteiger partial charge is 0.251 e. The third-order valence-corrected chi connectivity index (χ3v) is 4.29. The normalized spacial score (nSPS) is 22.4. The Kier molecular flexibility index (Phi) is 4.52. The van der Waals surface area contributed by atoms with Crippen LogP contribution >= 0.6 is 0 Å². The number of benzene rings is 1. The van der Waals surface area contributed by atoms with Crippen LogP contribution in [0, 0.1) is 5.92 Å². The maximum absolute atomic E-state index is 12.3. The lowest BCUT2D eigenvalue weighted by atomic mass is 10.00. The molecule has 1 saturated heterocycles. The molecule has 1 aromatic rings. The highest BCUT2D eigenvalue weighted by atomic mass is 16.7. The zero-order chi connectivity index (χ0) is 15.5. The molecule has 1 amide bonds. The fourth-order valence-electron chi connectivity index (χ4n) is 3.23. The minimum absolute atomic E-state index is 0.0594. The van der Waals surface area contributed by atoms with Crippen molar-refractivity contribution in [3.8, 4) is 11.5 Å². The van der Waals surface area contributed by atoms with Crippen LogP contribution in [0.2, 0.25) is 0 Å². The lowest BCUT2D eigenvalue weighted by Crippen LogP contribution is -2.45. The molecule has 1 N–H and O–H groups in total. The Balaban J connectivity index is 1.54. The number of carbonyl (C=O) groups excluding carboxylic acids is 1. The molecule has 5 nitrogen and oxygen atoms in total. The molecule has 0 spiro atoms. The number of nitrogens with zero attached hydrogens (tertiary/aromatic N) is 1. The largest absolute Gasteiger partial charge is 0.454 e. The van der Waals surface area contributed by atoms with E-state index in [4.69, 9.17) is 9.47 Å². The lowest BCUT2D eigenvalue weighted by Gasteiger charge is -2.32. The fourth-order valence-corrected chi connectivity index (χ4v) is 3.23. The van der Waals surface area contributed by atoms with Crippen LogP contribution in [0.3, 0.4) is 0 Å². The summed E-state index contributed by atoms with van der Waals surface area (Å²) in [6.07, 6.45) is 2.57. The van der Waals surface area contributed by atoms with Crippen LogP contribution in [-0.2, 0) is 0 Å². The summed E-state index contributed by atoms with van der Waals surface area (Å²) >= 11 is 0. The number of piperidine rings is 1. The molecule has 0 saturated carbocycles. The van der Waals surface area contributed by atoms with E-state index in [2.05, 4.69) is 24.1 Å². The van der Waals surface area contributed by atoms with Crippen LogP contribution in [0.15, 0.2) is 18.2 Å². The van der Waals surface area contributed by atoms with Crippen LogP contribution < -0.4 is 14.8 Å². The van der Waals surface area contributed by atoms with Gasteiger partial charge in [0.1, 0.15) is 0 Å². The minimum Gasteiger partial charge on any atom is -0.454 e. The minimum atomic E-state index is -0.0594. The average Bonchev–Trinajstić information content (AvgIpc) is 2.94. The van der Waals surface area contributed by atoms with Gasteiger partial charge in [-0.05, 0) is 50.4 Å². The van der Waals surface area contributed by atoms with Gasteiger partial charge in [0.25, 0.3) is 5.91 Å². The molecular formula is C17H24N2O3. The Morgan fingerprint density at radius 1 is 1.41 bits per heavy atom. The molecule has 1 aromatic carbocycles. The van der Waals surface area contributed by atoms with Gasteiger partial charge in [-0.15, -0.1) is 0 Å². The van der Waals surface area contributed by atoms with Gasteiger partial charge in [-0.25, -0.2) is 0 Å². The SMILES string of the molecule is C[C@H]1CCCN(C[C@@H](C)NC(=O)c2ccc3c(c2)OCO3)C1. The monoisotopic (exact) mass is 304 g/mol. The van der Waals surface area contributed by atoms with Gasteiger partial charge in [0.05, 0.1) is 0 Å². The number of ether oxygens (including phenoxy) is 2. The predicted molar refractivity (Wildman–Crippen MR) is 84.3 cm³/mol. The number of hydrogen-bond acceptors (Lipinski definition) is 4. The quantitative estimate of drug-likeness (QED) is 0.927. The van der Waals surface area contributed by atoms with Crippen LogP contribution in [0.4, 0.5) is 0 Å². The molecule has 1 fully saturated rings. The summed E-state index contributed by atoms with van der Waals surface area (Å²) in [4.78, 5) is 14.8. The molecule has 2 aliphatic heterocycles. The van der Waals surface area contributed by atoms with Gasteiger partial charge >= 0.3 is 0 Å². The topological polar surface area (TPSA) is 50.8 Å². The number of amides is 1. The van der Waals surface area contributed by atoms with Crippen LogP contribution in [0.25, 0.3) is 0 Å². The molecule has 2 heterocycles. The Morgan fingerprint density at radius 3 is 3.05 bits per heavy atom. The third kappa shape index (κ3) is 3.53. The Morgan fingerprint density at radius 2 is 2.23 bits per heavy atom. The van der Waals surface area contributed by atoms with Crippen molar-refractivity contribution in [1.29, 1.82) is 0 Å². The zero-order valence-corrected chi connectivity index (χ0v) is 13.3. The second-order valence-corrected chi connectivity index (χ2v) is 6.45. The molecule has 2 aliphatic rings. The van der Waals surface area contributed by atoms with E-state index >= 15 is 0 Å². The fraction of sp³-hybridized carbons (Fsp3) is 0.588. The molecule has 0 aliphatic carbocycles. The molecule has 0 radical (unpaired) electrons. The number of likely N-dealkylation sites (tertiary alicyclic amines) is 1. The second-order valence-electron chi connectivity index (χ2n) is 6.45. The van der Waals surface area contributed by atoms with E-state index in [1.807, 2.05) is 0 Å². The van der Waals surface area contributed by atoms with Crippen LogP contribution in [0.1, 0.15) is 37.0 Å². The van der Waals surface area contributed by atoms with E-state index in [1.165, 1.54) is 12.8 Å². The van der Waals surface area contributed by atoms with Crippen LogP contribution in [0.5, 0.6) is 11.5 Å². The average molecular weight is 304 g/mol. The number of carbonyl (C=O) groups is 1. The molecule has 5 heteroatoms. The standard InChI is InChI=1S/C17H24N2O3/c1-12-4-3-7-19(9-12)10-13(2)18-17(20)14-5-6-15-16(8-14)22-11-21-15/h5-6,8,12-13H,3-4,7,9-11H2,1-2H3,(H,18,20)/t12-,13+/m0/s1. The van der Waals surface area contributed by atoms with Gasteiger partial charge in [0.15, 0.2) is 11.5 Å². The van der Waals surface area contributed by atoms with Crippen molar-refractivity contribution in [2.75, 3.05) is 26.4 Å². The lowest BCUT2D eigenvalue weighted by molar-refractivity contribution is 0.0919. The summed E-state index contributed by atoms with van der Waals surface area (Å²) in [6.45, 7) is 7.75. The van der Waals surface area contributed by atoms with Gasteiger partial charge in [-0.3, -0.25) is 4.79 Å². The van der Waals surface area contributed by atoms with Gasteiger partial charge < -0.3 is 19.7 Å². The summed E-state index contributed by atoms with van der Waals surface area (Å²) in [5.41, 5.74) is 0.614. The van der Waals surface area contributed by atoms with Crippen molar-refractivity contribution < 1.29 is 14.3 Å². The van der Waals surface area contributed by atoms with Crippen LogP contribution in [-0.4, -0.2) is 43.3 Å². The van der Waals surface area contributed by atoms with E-state index in [-0.39, 0.29) is 18.7 Å². The molecule has 0 bridgehead atoms. The summed E-state index contributed by atoms with van der Waals surface area (Å²) in [6, 6.07) is 5.43. The molecular weight excluding hydrogens is 280 g/mol. The molecule has 120 valence electrons. The first kappa shape index (κ1) is 15.2. The second kappa shape index (κ2) is 6.57. The van der Waals surface area contributed by atoms with Crippen molar-refractivity contribution in [3.63, 3.8) is 0 Å². The number of hydrogen-bond donors (Lipinski definition) is 1. The van der Waals surface area contributed by atoms with E-state index in [1.54, 1.807) is 18.2 Å². The molecule has 0 aromatic heterocycles. The predicted octanol–water partition coefficient (Wildman–Crippen LogP) is 2.27. The first-order valence-electron chi connectivity index (χ1n) is 8.04. The zero-order valence-electron chi connectivity index (χ0n) is 13.3.